The van der Waals surface area contributed by atoms with Crippen molar-refractivity contribution in [1.82, 2.24) is 0 Å². The number of carbonyl (C=O) groups excluding carboxylic acids is 2. The maximum Gasteiger partial charge on any atom is 0.300 e. The third kappa shape index (κ3) is 5.41. The van der Waals surface area contributed by atoms with Gasteiger partial charge in [-0.25, -0.2) is 0 Å². The Labute approximate surface area is 228 Å². The van der Waals surface area contributed by atoms with Gasteiger partial charge in [0.25, 0.3) is 11.7 Å². The molecule has 6 nitrogen and oxygen atoms in total. The summed E-state index contributed by atoms with van der Waals surface area (Å²) in [6.45, 7) is 10.9. The molecule has 4 rings (SSSR count). The number of Topliss-reactive ketones (excluding diaryl/α,β-unsaturated/α-hetero) is 1. The first kappa shape index (κ1) is 27.3. The second-order valence-corrected chi connectivity index (χ2v) is 11.3. The maximum absolute atomic E-state index is 13.4. The molecule has 1 atom stereocenters. The number of phenols is 1. The van der Waals surface area contributed by atoms with Crippen LogP contribution >= 0.6 is 11.6 Å². The van der Waals surface area contributed by atoms with Crippen molar-refractivity contribution < 1.29 is 24.5 Å². The quantitative estimate of drug-likeness (QED) is 0.202. The van der Waals surface area contributed by atoms with E-state index in [9.17, 15) is 19.8 Å². The zero-order valence-corrected chi connectivity index (χ0v) is 22.9. The van der Waals surface area contributed by atoms with Gasteiger partial charge in [-0.2, -0.15) is 0 Å². The number of hydrogen-bond donors (Lipinski definition) is 2. The van der Waals surface area contributed by atoms with Crippen LogP contribution in [0, 0.1) is 5.92 Å². The van der Waals surface area contributed by atoms with Crippen LogP contribution in [0.2, 0.25) is 5.02 Å². The topological polar surface area (TPSA) is 87.1 Å². The fraction of sp³-hybridized carbons (Fsp3) is 0.290. The molecule has 1 amide bonds. The van der Waals surface area contributed by atoms with E-state index in [4.69, 9.17) is 16.3 Å². The van der Waals surface area contributed by atoms with Crippen LogP contribution in [-0.2, 0) is 15.0 Å². The standard InChI is InChI=1S/C31H32ClNO5/c1-18(2)17-38-23-13-8-20(9-14-23)28(35)26-27(19-6-10-21(11-7-19)31(3,4)5)33(30(37)29(26)36)24-16-22(32)12-15-25(24)34/h6-16,18,27,34-35H,17H2,1-5H3/b28-26+. The molecule has 1 aliphatic rings. The first-order chi connectivity index (χ1) is 17.9. The number of aliphatic hydroxyl groups excluding tert-OH is 1. The lowest BCUT2D eigenvalue weighted by molar-refractivity contribution is -0.132. The third-order valence-electron chi connectivity index (χ3n) is 6.44. The SMILES string of the molecule is CC(C)COc1ccc(/C(O)=C2\C(=O)C(=O)N(c3cc(Cl)ccc3O)C2c2ccc(C(C)(C)C)cc2)cc1. The van der Waals surface area contributed by atoms with Crippen molar-refractivity contribution in [3.63, 3.8) is 0 Å². The molecule has 7 heteroatoms. The second kappa shape index (κ2) is 10.5. The lowest BCUT2D eigenvalue weighted by Crippen LogP contribution is -2.29. The third-order valence-corrected chi connectivity index (χ3v) is 6.68. The molecule has 1 heterocycles. The van der Waals surface area contributed by atoms with Gasteiger partial charge >= 0.3 is 0 Å². The van der Waals surface area contributed by atoms with Gasteiger partial charge in [-0.1, -0.05) is 70.5 Å². The number of phenolic OH excluding ortho intramolecular Hbond substituents is 1. The number of benzene rings is 3. The molecule has 0 bridgehead atoms. The molecular weight excluding hydrogens is 502 g/mol. The van der Waals surface area contributed by atoms with Gasteiger partial charge in [-0.05, 0) is 64.9 Å². The maximum atomic E-state index is 13.4. The number of ether oxygens (including phenoxy) is 1. The van der Waals surface area contributed by atoms with Gasteiger partial charge in [0, 0.05) is 10.6 Å². The van der Waals surface area contributed by atoms with Gasteiger partial charge in [-0.3, -0.25) is 14.5 Å². The number of nitrogens with zero attached hydrogens (tertiary/aromatic N) is 1. The molecule has 3 aromatic rings. The minimum absolute atomic E-state index is 0.0752. The van der Waals surface area contributed by atoms with E-state index < -0.39 is 17.7 Å². The van der Waals surface area contributed by atoms with E-state index in [1.807, 2.05) is 38.1 Å². The number of hydrogen-bond acceptors (Lipinski definition) is 5. The van der Waals surface area contributed by atoms with Crippen molar-refractivity contribution in [3.05, 3.63) is 94.0 Å². The second-order valence-electron chi connectivity index (χ2n) is 10.9. The summed E-state index contributed by atoms with van der Waals surface area (Å²) in [5.41, 5.74) is 1.95. The fourth-order valence-corrected chi connectivity index (χ4v) is 4.55. The average molecular weight is 534 g/mol. The lowest BCUT2D eigenvalue weighted by atomic mass is 9.85. The molecule has 0 saturated carbocycles. The van der Waals surface area contributed by atoms with Crippen molar-refractivity contribution in [1.29, 1.82) is 0 Å². The Hall–Kier alpha value is -3.77. The number of carbonyl (C=O) groups is 2. The van der Waals surface area contributed by atoms with Crippen molar-refractivity contribution in [2.24, 2.45) is 5.92 Å². The van der Waals surface area contributed by atoms with Crippen molar-refractivity contribution in [2.75, 3.05) is 11.5 Å². The van der Waals surface area contributed by atoms with Gasteiger partial charge in [0.1, 0.15) is 17.3 Å². The summed E-state index contributed by atoms with van der Waals surface area (Å²) in [5.74, 6) is -1.26. The predicted octanol–water partition coefficient (Wildman–Crippen LogP) is 7.00. The number of amides is 1. The molecule has 3 aromatic carbocycles. The number of halogens is 1. The van der Waals surface area contributed by atoms with Gasteiger partial charge in [-0.15, -0.1) is 0 Å². The Morgan fingerprint density at radius 2 is 1.63 bits per heavy atom. The molecule has 38 heavy (non-hydrogen) atoms. The van der Waals surface area contributed by atoms with E-state index in [1.54, 1.807) is 24.3 Å². The molecule has 1 aliphatic heterocycles. The molecular formula is C31H32ClNO5. The smallest absolute Gasteiger partial charge is 0.300 e. The van der Waals surface area contributed by atoms with Crippen LogP contribution in [-0.4, -0.2) is 28.5 Å². The Morgan fingerprint density at radius 1 is 1.00 bits per heavy atom. The first-order valence-corrected chi connectivity index (χ1v) is 12.9. The minimum Gasteiger partial charge on any atom is -0.507 e. The van der Waals surface area contributed by atoms with Crippen LogP contribution in [0.15, 0.2) is 72.3 Å². The van der Waals surface area contributed by atoms with Crippen molar-refractivity contribution in [3.8, 4) is 11.5 Å². The van der Waals surface area contributed by atoms with Crippen LogP contribution in [0.4, 0.5) is 5.69 Å². The van der Waals surface area contributed by atoms with Gasteiger partial charge in [0.15, 0.2) is 0 Å². The highest BCUT2D eigenvalue weighted by molar-refractivity contribution is 6.52. The number of aromatic hydroxyl groups is 1. The largest absolute Gasteiger partial charge is 0.507 e. The van der Waals surface area contributed by atoms with Crippen molar-refractivity contribution >= 4 is 34.7 Å². The molecule has 0 radical (unpaired) electrons. The minimum atomic E-state index is -0.981. The molecule has 198 valence electrons. The summed E-state index contributed by atoms with van der Waals surface area (Å²) >= 11 is 6.19. The van der Waals surface area contributed by atoms with Gasteiger partial charge < -0.3 is 14.9 Å². The molecule has 1 saturated heterocycles. The normalized spacial score (nSPS) is 17.3. The van der Waals surface area contributed by atoms with Crippen LogP contribution in [0.3, 0.4) is 0 Å². The van der Waals surface area contributed by atoms with E-state index in [0.717, 1.165) is 5.56 Å². The number of ketones is 1. The summed E-state index contributed by atoms with van der Waals surface area (Å²) in [6.07, 6.45) is 0. The van der Waals surface area contributed by atoms with E-state index in [0.29, 0.717) is 34.4 Å². The van der Waals surface area contributed by atoms with Gasteiger partial charge in [0.2, 0.25) is 0 Å². The molecule has 1 fully saturated rings. The number of aliphatic hydroxyl groups is 1. The first-order valence-electron chi connectivity index (χ1n) is 12.5. The lowest BCUT2D eigenvalue weighted by Gasteiger charge is -2.27. The summed E-state index contributed by atoms with van der Waals surface area (Å²) < 4.78 is 5.73. The van der Waals surface area contributed by atoms with Gasteiger partial charge in [0.05, 0.1) is 23.9 Å². The van der Waals surface area contributed by atoms with Crippen molar-refractivity contribution in [2.45, 2.75) is 46.1 Å². The van der Waals surface area contributed by atoms with Crippen LogP contribution in [0.1, 0.15) is 57.4 Å². The zero-order valence-electron chi connectivity index (χ0n) is 22.2. The molecule has 0 aliphatic carbocycles. The highest BCUT2D eigenvalue weighted by Gasteiger charge is 2.47. The summed E-state index contributed by atoms with van der Waals surface area (Å²) in [6, 6.07) is 17.6. The molecule has 2 N–H and O–H groups in total. The Bertz CT molecular complexity index is 1390. The van der Waals surface area contributed by atoms with Crippen LogP contribution in [0.25, 0.3) is 5.76 Å². The summed E-state index contributed by atoms with van der Waals surface area (Å²) in [4.78, 5) is 28.0. The Balaban J connectivity index is 1.86. The molecule has 1 unspecified atom stereocenters. The predicted molar refractivity (Wildman–Crippen MR) is 150 cm³/mol. The zero-order chi connectivity index (χ0) is 27.8. The Kier molecular flexibility index (Phi) is 7.56. The molecule has 0 spiro atoms. The van der Waals surface area contributed by atoms with E-state index in [-0.39, 0.29) is 28.2 Å². The fourth-order valence-electron chi connectivity index (χ4n) is 4.38. The summed E-state index contributed by atoms with van der Waals surface area (Å²) in [5, 5.41) is 22.3. The van der Waals surface area contributed by atoms with E-state index >= 15 is 0 Å². The highest BCUT2D eigenvalue weighted by atomic mass is 35.5. The van der Waals surface area contributed by atoms with E-state index in [1.165, 1.54) is 23.1 Å². The Morgan fingerprint density at radius 3 is 2.21 bits per heavy atom. The number of rotatable bonds is 6. The monoisotopic (exact) mass is 533 g/mol. The van der Waals surface area contributed by atoms with Crippen LogP contribution < -0.4 is 9.64 Å². The van der Waals surface area contributed by atoms with Crippen LogP contribution in [0.5, 0.6) is 11.5 Å². The number of anilines is 1. The van der Waals surface area contributed by atoms with E-state index in [2.05, 4.69) is 20.8 Å². The summed E-state index contributed by atoms with van der Waals surface area (Å²) in [7, 11) is 0. The molecule has 0 aromatic heterocycles. The average Bonchev–Trinajstić information content (AvgIpc) is 3.13. The highest BCUT2D eigenvalue weighted by Crippen LogP contribution is 2.45.